The molecule has 2 aromatic rings. The number of fused-ring (bicyclic) bond motifs is 1. The standard InChI is InChI=1S/C28H36ClN5O2S/c1-20-17-32(14-15-34(20)26(35)11-10-21-6-2-3-7-21)25-16-24(29)30-28(31-25)37-19-27(36)33-13-12-22-8-4-5-9-23(22)18-33/h4-5,8-9,16,20-21H,2-3,6-7,10-15,17-19H2,1H3. The van der Waals surface area contributed by atoms with E-state index in [4.69, 9.17) is 16.6 Å². The molecule has 5 rings (SSSR count). The summed E-state index contributed by atoms with van der Waals surface area (Å²) in [5.41, 5.74) is 2.55. The molecular formula is C28H36ClN5O2S. The third-order valence-corrected chi connectivity index (χ3v) is 9.01. The molecule has 1 unspecified atom stereocenters. The third kappa shape index (κ3) is 6.58. The maximum Gasteiger partial charge on any atom is 0.233 e. The predicted octanol–water partition coefficient (Wildman–Crippen LogP) is 4.81. The maximum atomic E-state index is 12.9. The van der Waals surface area contributed by atoms with Crippen molar-refractivity contribution in [1.29, 1.82) is 0 Å². The average molecular weight is 542 g/mol. The zero-order valence-corrected chi connectivity index (χ0v) is 23.1. The van der Waals surface area contributed by atoms with Crippen LogP contribution in [-0.2, 0) is 22.6 Å². The van der Waals surface area contributed by atoms with Crippen LogP contribution in [-0.4, -0.2) is 69.6 Å². The van der Waals surface area contributed by atoms with E-state index < -0.39 is 0 Å². The molecule has 37 heavy (non-hydrogen) atoms. The highest BCUT2D eigenvalue weighted by Crippen LogP contribution is 2.30. The van der Waals surface area contributed by atoms with Crippen LogP contribution in [0.25, 0.3) is 0 Å². The van der Waals surface area contributed by atoms with Crippen LogP contribution in [0.15, 0.2) is 35.5 Å². The molecule has 0 bridgehead atoms. The average Bonchev–Trinajstić information content (AvgIpc) is 3.43. The molecule has 1 aromatic carbocycles. The van der Waals surface area contributed by atoms with E-state index >= 15 is 0 Å². The number of hydrogen-bond acceptors (Lipinski definition) is 6. The second-order valence-electron chi connectivity index (χ2n) is 10.5. The quantitative estimate of drug-likeness (QED) is 0.284. The Morgan fingerprint density at radius 1 is 1.05 bits per heavy atom. The molecule has 2 aliphatic heterocycles. The number of carbonyl (C=O) groups is 2. The van der Waals surface area contributed by atoms with Crippen molar-refractivity contribution in [3.05, 3.63) is 46.6 Å². The number of halogens is 1. The highest BCUT2D eigenvalue weighted by Gasteiger charge is 2.29. The highest BCUT2D eigenvalue weighted by atomic mass is 35.5. The predicted molar refractivity (Wildman–Crippen MR) is 148 cm³/mol. The van der Waals surface area contributed by atoms with Crippen LogP contribution in [0.2, 0.25) is 5.15 Å². The molecule has 7 nitrogen and oxygen atoms in total. The Bertz CT molecular complexity index is 1130. The second-order valence-corrected chi connectivity index (χ2v) is 11.9. The summed E-state index contributed by atoms with van der Waals surface area (Å²) in [4.78, 5) is 41.0. The molecule has 0 radical (unpaired) electrons. The van der Waals surface area contributed by atoms with E-state index in [-0.39, 0.29) is 23.6 Å². The number of nitrogens with zero attached hydrogens (tertiary/aromatic N) is 5. The SMILES string of the molecule is CC1CN(c2cc(Cl)nc(SCC(=O)N3CCc4ccccc4C3)n2)CCN1C(=O)CCC1CCCC1. The molecule has 1 saturated carbocycles. The summed E-state index contributed by atoms with van der Waals surface area (Å²) in [6.45, 7) is 5.59. The van der Waals surface area contributed by atoms with Crippen molar-refractivity contribution in [2.75, 3.05) is 36.8 Å². The normalized spacial score (nSPS) is 20.3. The second kappa shape index (κ2) is 12.0. The van der Waals surface area contributed by atoms with Crippen molar-refractivity contribution < 1.29 is 9.59 Å². The Kier molecular flexibility index (Phi) is 8.55. The molecular weight excluding hydrogens is 506 g/mol. The molecule has 1 atom stereocenters. The van der Waals surface area contributed by atoms with Crippen LogP contribution >= 0.6 is 23.4 Å². The van der Waals surface area contributed by atoms with Gasteiger partial charge >= 0.3 is 0 Å². The van der Waals surface area contributed by atoms with Crippen molar-refractivity contribution in [1.82, 2.24) is 19.8 Å². The van der Waals surface area contributed by atoms with E-state index in [1.807, 2.05) is 15.9 Å². The summed E-state index contributed by atoms with van der Waals surface area (Å²) in [5.74, 6) is 2.13. The summed E-state index contributed by atoms with van der Waals surface area (Å²) in [7, 11) is 0. The van der Waals surface area contributed by atoms with E-state index in [0.717, 1.165) is 31.1 Å². The summed E-state index contributed by atoms with van der Waals surface area (Å²) in [6.07, 6.45) is 7.76. The number of carbonyl (C=O) groups excluding carboxylic acids is 2. The first-order valence-electron chi connectivity index (χ1n) is 13.5. The van der Waals surface area contributed by atoms with Crippen LogP contribution in [0.3, 0.4) is 0 Å². The molecule has 198 valence electrons. The number of rotatable bonds is 7. The topological polar surface area (TPSA) is 69.6 Å². The van der Waals surface area contributed by atoms with Gasteiger partial charge in [0, 0.05) is 51.3 Å². The molecule has 9 heteroatoms. The van der Waals surface area contributed by atoms with Crippen molar-refractivity contribution in [3.8, 4) is 0 Å². The zero-order chi connectivity index (χ0) is 25.8. The van der Waals surface area contributed by atoms with E-state index in [1.165, 1.54) is 48.6 Å². The van der Waals surface area contributed by atoms with Gasteiger partial charge < -0.3 is 14.7 Å². The number of hydrogen-bond donors (Lipinski definition) is 0. The van der Waals surface area contributed by atoms with Gasteiger partial charge in [-0.3, -0.25) is 9.59 Å². The van der Waals surface area contributed by atoms with Crippen LogP contribution in [0.5, 0.6) is 0 Å². The number of piperazine rings is 1. The molecule has 3 heterocycles. The molecule has 2 fully saturated rings. The van der Waals surface area contributed by atoms with Gasteiger partial charge in [0.05, 0.1) is 5.75 Å². The Morgan fingerprint density at radius 3 is 2.62 bits per heavy atom. The summed E-state index contributed by atoms with van der Waals surface area (Å²) < 4.78 is 0. The third-order valence-electron chi connectivity index (χ3n) is 7.98. The van der Waals surface area contributed by atoms with Gasteiger partial charge in [0.15, 0.2) is 5.16 Å². The fourth-order valence-corrected chi connectivity index (χ4v) is 6.83. The van der Waals surface area contributed by atoms with Crippen LogP contribution < -0.4 is 4.90 Å². The molecule has 0 N–H and O–H groups in total. The molecule has 3 aliphatic rings. The number of thioether (sulfide) groups is 1. The largest absolute Gasteiger partial charge is 0.353 e. The lowest BCUT2D eigenvalue weighted by Crippen LogP contribution is -2.54. The maximum absolute atomic E-state index is 12.9. The number of anilines is 1. The van der Waals surface area contributed by atoms with Gasteiger partial charge in [-0.25, -0.2) is 9.97 Å². The Balaban J connectivity index is 1.14. The smallest absolute Gasteiger partial charge is 0.233 e. The Labute approximate surface area is 229 Å². The van der Waals surface area contributed by atoms with E-state index in [1.54, 1.807) is 6.07 Å². The lowest BCUT2D eigenvalue weighted by atomic mass is 10.00. The molecule has 0 spiro atoms. The van der Waals surface area contributed by atoms with E-state index in [0.29, 0.717) is 42.9 Å². The van der Waals surface area contributed by atoms with Crippen LogP contribution in [0, 0.1) is 5.92 Å². The fourth-order valence-electron chi connectivity index (χ4n) is 5.84. The van der Waals surface area contributed by atoms with Gasteiger partial charge in [0.1, 0.15) is 11.0 Å². The first-order chi connectivity index (χ1) is 18.0. The van der Waals surface area contributed by atoms with Crippen molar-refractivity contribution in [2.24, 2.45) is 5.92 Å². The Hall–Kier alpha value is -2.32. The van der Waals surface area contributed by atoms with Crippen molar-refractivity contribution in [3.63, 3.8) is 0 Å². The van der Waals surface area contributed by atoms with Crippen LogP contribution in [0.1, 0.15) is 56.6 Å². The van der Waals surface area contributed by atoms with Gasteiger partial charge in [-0.2, -0.15) is 0 Å². The summed E-state index contributed by atoms with van der Waals surface area (Å²) in [5, 5.41) is 0.880. The fraction of sp³-hybridized carbons (Fsp3) is 0.571. The first kappa shape index (κ1) is 26.3. The minimum absolute atomic E-state index is 0.0861. The van der Waals surface area contributed by atoms with E-state index in [2.05, 4.69) is 35.0 Å². The summed E-state index contributed by atoms with van der Waals surface area (Å²) >= 11 is 7.69. The van der Waals surface area contributed by atoms with Gasteiger partial charge in [-0.1, -0.05) is 73.3 Å². The first-order valence-corrected chi connectivity index (χ1v) is 14.9. The van der Waals surface area contributed by atoms with Crippen molar-refractivity contribution in [2.45, 2.75) is 69.6 Å². The molecule has 1 saturated heterocycles. The summed E-state index contributed by atoms with van der Waals surface area (Å²) in [6, 6.07) is 10.2. The van der Waals surface area contributed by atoms with Crippen LogP contribution in [0.4, 0.5) is 5.82 Å². The lowest BCUT2D eigenvalue weighted by molar-refractivity contribution is -0.134. The number of aromatic nitrogens is 2. The van der Waals surface area contributed by atoms with Gasteiger partial charge in [0.25, 0.3) is 0 Å². The van der Waals surface area contributed by atoms with Gasteiger partial charge in [-0.05, 0) is 36.8 Å². The monoisotopic (exact) mass is 541 g/mol. The van der Waals surface area contributed by atoms with Gasteiger partial charge in [0.2, 0.25) is 11.8 Å². The van der Waals surface area contributed by atoms with Gasteiger partial charge in [-0.15, -0.1) is 0 Å². The molecule has 2 amide bonds. The minimum atomic E-state index is 0.0861. The minimum Gasteiger partial charge on any atom is -0.353 e. The zero-order valence-electron chi connectivity index (χ0n) is 21.6. The number of amides is 2. The van der Waals surface area contributed by atoms with E-state index in [9.17, 15) is 9.59 Å². The highest BCUT2D eigenvalue weighted by molar-refractivity contribution is 7.99. The lowest BCUT2D eigenvalue weighted by Gasteiger charge is -2.40. The number of benzene rings is 1. The molecule has 1 aromatic heterocycles. The molecule has 1 aliphatic carbocycles. The van der Waals surface area contributed by atoms with Crippen molar-refractivity contribution >= 4 is 41.0 Å². The Morgan fingerprint density at radius 2 is 1.84 bits per heavy atom.